The van der Waals surface area contributed by atoms with Crippen LogP contribution in [0.5, 0.6) is 0 Å². The second kappa shape index (κ2) is 10.2. The molecule has 9 aromatic carbocycles. The van der Waals surface area contributed by atoms with Crippen LogP contribution >= 0.6 is 0 Å². The van der Waals surface area contributed by atoms with Crippen LogP contribution < -0.4 is 0 Å². The zero-order chi connectivity index (χ0) is 30.9. The Labute approximate surface area is 272 Å². The fraction of sp³-hybridized carbons (Fsp3) is 0. The van der Waals surface area contributed by atoms with Crippen molar-refractivity contribution in [1.82, 2.24) is 4.98 Å². The van der Waals surface area contributed by atoms with Crippen LogP contribution in [0.2, 0.25) is 0 Å². The van der Waals surface area contributed by atoms with Gasteiger partial charge in [0.2, 0.25) is 0 Å². The molecule has 47 heavy (non-hydrogen) atoms. The van der Waals surface area contributed by atoms with E-state index in [0.29, 0.717) is 0 Å². The van der Waals surface area contributed by atoms with E-state index in [2.05, 4.69) is 175 Å². The number of benzene rings is 9. The molecule has 0 radical (unpaired) electrons. The molecule has 0 spiro atoms. The molecule has 0 amide bonds. The molecular formula is C46H29N. The van der Waals surface area contributed by atoms with Crippen LogP contribution in [0.1, 0.15) is 0 Å². The van der Waals surface area contributed by atoms with Gasteiger partial charge in [0, 0.05) is 21.7 Å². The van der Waals surface area contributed by atoms with E-state index in [0.717, 1.165) is 5.52 Å². The second-order valence-electron chi connectivity index (χ2n) is 12.5. The van der Waals surface area contributed by atoms with E-state index in [1.807, 2.05) is 0 Å². The van der Waals surface area contributed by atoms with E-state index < -0.39 is 0 Å². The average molecular weight is 596 g/mol. The van der Waals surface area contributed by atoms with E-state index >= 15 is 0 Å². The van der Waals surface area contributed by atoms with Gasteiger partial charge in [-0.1, -0.05) is 158 Å². The molecule has 1 N–H and O–H groups in total. The molecule has 0 saturated carbocycles. The molecule has 0 unspecified atom stereocenters. The largest absolute Gasteiger partial charge is 0.354 e. The highest BCUT2D eigenvalue weighted by atomic mass is 14.7. The molecule has 1 heteroatoms. The molecule has 1 nitrogen and oxygen atoms in total. The Balaban J connectivity index is 1.26. The highest BCUT2D eigenvalue weighted by molar-refractivity contribution is 6.31. The minimum Gasteiger partial charge on any atom is -0.354 e. The fourth-order valence-electron chi connectivity index (χ4n) is 7.94. The van der Waals surface area contributed by atoms with Crippen molar-refractivity contribution in [3.8, 4) is 33.4 Å². The lowest BCUT2D eigenvalue weighted by Gasteiger charge is -2.18. The van der Waals surface area contributed by atoms with Crippen LogP contribution in [0.3, 0.4) is 0 Å². The smallest absolute Gasteiger partial charge is 0.0551 e. The Morgan fingerprint density at radius 3 is 1.38 bits per heavy atom. The summed E-state index contributed by atoms with van der Waals surface area (Å²) in [5.41, 5.74) is 9.82. The normalized spacial score (nSPS) is 11.8. The molecule has 218 valence electrons. The summed E-state index contributed by atoms with van der Waals surface area (Å²) in [5.74, 6) is 0. The van der Waals surface area contributed by atoms with E-state index in [9.17, 15) is 0 Å². The van der Waals surface area contributed by atoms with Crippen LogP contribution in [-0.4, -0.2) is 4.98 Å². The van der Waals surface area contributed by atoms with Gasteiger partial charge in [-0.15, -0.1) is 0 Å². The summed E-state index contributed by atoms with van der Waals surface area (Å²) in [6, 6.07) is 62.1. The van der Waals surface area contributed by atoms with Crippen molar-refractivity contribution in [3.63, 3.8) is 0 Å². The summed E-state index contributed by atoms with van der Waals surface area (Å²) in [5, 5.41) is 12.7. The Hall–Kier alpha value is -6.18. The van der Waals surface area contributed by atoms with Crippen LogP contribution in [0, 0.1) is 0 Å². The molecule has 0 saturated heterocycles. The van der Waals surface area contributed by atoms with E-state index in [4.69, 9.17) is 0 Å². The predicted molar refractivity (Wildman–Crippen MR) is 202 cm³/mol. The van der Waals surface area contributed by atoms with Gasteiger partial charge in [0.1, 0.15) is 0 Å². The molecule has 10 rings (SSSR count). The monoisotopic (exact) mass is 595 g/mol. The number of fused-ring (bicyclic) bond motifs is 10. The minimum absolute atomic E-state index is 1.16. The lowest BCUT2D eigenvalue weighted by molar-refractivity contribution is 1.56. The molecule has 0 atom stereocenters. The zero-order valence-electron chi connectivity index (χ0n) is 25.7. The number of nitrogens with one attached hydrogen (secondary N) is 1. The number of hydrogen-bond acceptors (Lipinski definition) is 0. The number of hydrogen-bond donors (Lipinski definition) is 1. The van der Waals surface area contributed by atoms with Gasteiger partial charge in [0.25, 0.3) is 0 Å². The molecule has 0 fully saturated rings. The third-order valence-corrected chi connectivity index (χ3v) is 9.96. The summed E-state index contributed by atoms with van der Waals surface area (Å²) in [6.07, 6.45) is 0. The molecule has 0 aliphatic rings. The van der Waals surface area contributed by atoms with E-state index in [1.165, 1.54) is 92.8 Å². The van der Waals surface area contributed by atoms with Crippen molar-refractivity contribution in [2.75, 3.05) is 0 Å². The topological polar surface area (TPSA) is 15.8 Å². The number of aromatic amines is 1. The third kappa shape index (κ3) is 3.90. The highest BCUT2D eigenvalue weighted by Crippen LogP contribution is 2.46. The van der Waals surface area contributed by atoms with Crippen LogP contribution in [0.25, 0.3) is 98.3 Å². The summed E-state index contributed by atoms with van der Waals surface area (Å²) in [6.45, 7) is 0. The van der Waals surface area contributed by atoms with Gasteiger partial charge in [0.05, 0.1) is 5.52 Å². The van der Waals surface area contributed by atoms with Gasteiger partial charge >= 0.3 is 0 Å². The maximum Gasteiger partial charge on any atom is 0.0551 e. The Bertz CT molecular complexity index is 2780. The van der Waals surface area contributed by atoms with Gasteiger partial charge in [0.15, 0.2) is 0 Å². The van der Waals surface area contributed by atoms with Gasteiger partial charge in [-0.2, -0.15) is 0 Å². The molecule has 1 aromatic heterocycles. The van der Waals surface area contributed by atoms with Crippen molar-refractivity contribution < 1.29 is 0 Å². The lowest BCUT2D eigenvalue weighted by Crippen LogP contribution is -1.91. The summed E-state index contributed by atoms with van der Waals surface area (Å²) >= 11 is 0. The van der Waals surface area contributed by atoms with E-state index in [1.54, 1.807) is 0 Å². The zero-order valence-corrected chi connectivity index (χ0v) is 25.7. The maximum atomic E-state index is 3.88. The van der Waals surface area contributed by atoms with Gasteiger partial charge in [-0.05, 0) is 83.2 Å². The minimum atomic E-state index is 1.16. The van der Waals surface area contributed by atoms with Crippen LogP contribution in [0.4, 0.5) is 0 Å². The summed E-state index contributed by atoms with van der Waals surface area (Å²) in [4.78, 5) is 3.88. The number of aromatic nitrogens is 1. The van der Waals surface area contributed by atoms with E-state index in [-0.39, 0.29) is 0 Å². The fourth-order valence-corrected chi connectivity index (χ4v) is 7.94. The van der Waals surface area contributed by atoms with Crippen molar-refractivity contribution in [2.24, 2.45) is 0 Å². The molecule has 0 aliphatic carbocycles. The first kappa shape index (κ1) is 26.1. The Morgan fingerprint density at radius 1 is 0.277 bits per heavy atom. The highest BCUT2D eigenvalue weighted by Gasteiger charge is 2.19. The first-order valence-electron chi connectivity index (χ1n) is 16.3. The quantitative estimate of drug-likeness (QED) is 0.154. The Morgan fingerprint density at radius 2 is 0.745 bits per heavy atom. The standard InChI is InChI=1S/C46H29N/c1-2-13-29(14-3-1)30-15-12-16-31(27-30)43-36-20-7-9-22-38(36)44(39-23-10-8-21-37(39)43)32-25-26-41-42(28-32)47-46-40-24-11-5-18-34(40)33-17-4-6-19-35(33)45(41)46/h1-28,47H. The van der Waals surface area contributed by atoms with Crippen molar-refractivity contribution >= 4 is 64.9 Å². The summed E-state index contributed by atoms with van der Waals surface area (Å²) in [7, 11) is 0. The van der Waals surface area contributed by atoms with Gasteiger partial charge in [-0.3, -0.25) is 0 Å². The molecule has 0 bridgehead atoms. The summed E-state index contributed by atoms with van der Waals surface area (Å²) < 4.78 is 0. The molecule has 1 heterocycles. The molecular weight excluding hydrogens is 567 g/mol. The number of rotatable bonds is 3. The number of H-pyrrole nitrogens is 1. The van der Waals surface area contributed by atoms with Gasteiger partial charge in [-0.25, -0.2) is 0 Å². The second-order valence-corrected chi connectivity index (χ2v) is 12.5. The van der Waals surface area contributed by atoms with Crippen molar-refractivity contribution in [2.45, 2.75) is 0 Å². The first-order valence-corrected chi connectivity index (χ1v) is 16.3. The van der Waals surface area contributed by atoms with Crippen LogP contribution in [-0.2, 0) is 0 Å². The molecule has 10 aromatic rings. The van der Waals surface area contributed by atoms with Crippen molar-refractivity contribution in [3.05, 3.63) is 170 Å². The van der Waals surface area contributed by atoms with Gasteiger partial charge < -0.3 is 4.98 Å². The third-order valence-electron chi connectivity index (χ3n) is 9.96. The predicted octanol–water partition coefficient (Wildman–Crippen LogP) is 12.9. The molecule has 0 aliphatic heterocycles. The Kier molecular flexibility index (Phi) is 5.64. The lowest BCUT2D eigenvalue weighted by atomic mass is 9.85. The SMILES string of the molecule is c1ccc(-c2cccc(-c3c4ccccc4c(-c4ccc5c(c4)[nH]c4c6ccccc6c6ccccc6c54)c4ccccc34)c2)cc1. The first-order chi connectivity index (χ1) is 23.3. The average Bonchev–Trinajstić information content (AvgIpc) is 3.54. The van der Waals surface area contributed by atoms with Crippen LogP contribution in [0.15, 0.2) is 170 Å². The maximum absolute atomic E-state index is 3.88. The van der Waals surface area contributed by atoms with Crippen molar-refractivity contribution in [1.29, 1.82) is 0 Å².